The number of rotatable bonds is 3. The Morgan fingerprint density at radius 1 is 0.800 bits per heavy atom. The molecule has 3 heterocycles. The summed E-state index contributed by atoms with van der Waals surface area (Å²) in [4.78, 5) is 2.43. The van der Waals surface area contributed by atoms with Gasteiger partial charge < -0.3 is 4.90 Å². The predicted molar refractivity (Wildman–Crippen MR) is 98.0 cm³/mol. The van der Waals surface area contributed by atoms with Crippen molar-refractivity contribution >= 4 is 11.5 Å². The zero-order valence-electron chi connectivity index (χ0n) is 14.4. The fraction of sp³-hybridized carbons (Fsp3) is 0.450. The minimum atomic E-state index is 0.560. The van der Waals surface area contributed by atoms with Crippen LogP contribution in [0.15, 0.2) is 42.5 Å². The fourth-order valence-corrected chi connectivity index (χ4v) is 3.94. The summed E-state index contributed by atoms with van der Waals surface area (Å²) >= 11 is 0. The molecule has 0 radical (unpaired) electrons. The van der Waals surface area contributed by atoms with Gasteiger partial charge in [0.2, 0.25) is 0 Å². The molecule has 0 bridgehead atoms. The lowest BCUT2D eigenvalue weighted by Gasteiger charge is -2.21. The van der Waals surface area contributed by atoms with Crippen LogP contribution in [0.5, 0.6) is 0 Å². The largest absolute Gasteiger partial charge is 0.355 e. The van der Waals surface area contributed by atoms with E-state index in [0.29, 0.717) is 11.8 Å². The molecule has 25 heavy (non-hydrogen) atoms. The molecule has 0 spiro atoms. The number of hydrogen-bond acceptors (Lipinski definition) is 4. The summed E-state index contributed by atoms with van der Waals surface area (Å²) in [5.74, 6) is 3.31. The van der Waals surface area contributed by atoms with E-state index in [1.54, 1.807) is 0 Å². The third-order valence-electron chi connectivity index (χ3n) is 5.54. The number of aromatic nitrogens is 4. The summed E-state index contributed by atoms with van der Waals surface area (Å²) in [6, 6.07) is 15.1. The molecule has 1 saturated heterocycles. The van der Waals surface area contributed by atoms with Gasteiger partial charge in [-0.15, -0.1) is 15.3 Å². The second kappa shape index (κ2) is 6.14. The first-order valence-corrected chi connectivity index (χ1v) is 9.41. The Morgan fingerprint density at radius 3 is 2.52 bits per heavy atom. The Hall–Kier alpha value is -2.43. The summed E-state index contributed by atoms with van der Waals surface area (Å²) in [5, 5.41) is 13.5. The van der Waals surface area contributed by atoms with Crippen LogP contribution in [0.25, 0.3) is 5.65 Å². The lowest BCUT2D eigenvalue weighted by Crippen LogP contribution is -2.25. The lowest BCUT2D eigenvalue weighted by molar-refractivity contribution is 0.611. The van der Waals surface area contributed by atoms with Crippen LogP contribution < -0.4 is 4.90 Å². The molecule has 1 unspecified atom stereocenters. The van der Waals surface area contributed by atoms with Crippen molar-refractivity contribution in [1.29, 1.82) is 0 Å². The minimum absolute atomic E-state index is 0.560. The highest BCUT2D eigenvalue weighted by molar-refractivity contribution is 5.46. The van der Waals surface area contributed by atoms with Gasteiger partial charge >= 0.3 is 0 Å². The standard InChI is InChI=1S/C20H23N5/c1-2-5-15(6-3-1)16-7-4-13-24(14-12-16)19-11-10-18-21-22-20(17-8-9-17)25(18)23-19/h1-3,5-6,10-11,16-17H,4,7-9,12-14H2. The van der Waals surface area contributed by atoms with Gasteiger partial charge in [0.15, 0.2) is 11.5 Å². The minimum Gasteiger partial charge on any atom is -0.355 e. The van der Waals surface area contributed by atoms with Gasteiger partial charge in [0.25, 0.3) is 0 Å². The Morgan fingerprint density at radius 2 is 1.68 bits per heavy atom. The van der Waals surface area contributed by atoms with Crippen LogP contribution in [-0.2, 0) is 0 Å². The van der Waals surface area contributed by atoms with Gasteiger partial charge in [0.05, 0.1) is 0 Å². The molecule has 1 atom stereocenters. The summed E-state index contributed by atoms with van der Waals surface area (Å²) < 4.78 is 1.96. The zero-order chi connectivity index (χ0) is 16.6. The fourth-order valence-electron chi connectivity index (χ4n) is 3.94. The van der Waals surface area contributed by atoms with Crippen LogP contribution in [0, 0.1) is 0 Å². The van der Waals surface area contributed by atoms with Crippen LogP contribution in [0.3, 0.4) is 0 Å². The highest BCUT2D eigenvalue weighted by Crippen LogP contribution is 2.39. The van der Waals surface area contributed by atoms with Crippen molar-refractivity contribution < 1.29 is 0 Å². The molecule has 5 heteroatoms. The molecular formula is C20H23N5. The van der Waals surface area contributed by atoms with Gasteiger partial charge in [0.1, 0.15) is 5.82 Å². The molecule has 5 rings (SSSR count). The van der Waals surface area contributed by atoms with Crippen molar-refractivity contribution in [2.24, 2.45) is 0 Å². The Bertz CT molecular complexity index is 868. The summed E-state index contributed by atoms with van der Waals surface area (Å²) in [7, 11) is 0. The molecular weight excluding hydrogens is 310 g/mol. The van der Waals surface area contributed by atoms with E-state index in [0.717, 1.165) is 30.4 Å². The Kier molecular flexibility index (Phi) is 3.65. The van der Waals surface area contributed by atoms with Crippen molar-refractivity contribution in [3.63, 3.8) is 0 Å². The maximum absolute atomic E-state index is 4.88. The first-order chi connectivity index (χ1) is 12.4. The number of anilines is 1. The third kappa shape index (κ3) is 2.88. The highest BCUT2D eigenvalue weighted by Gasteiger charge is 2.29. The maximum atomic E-state index is 4.88. The van der Waals surface area contributed by atoms with E-state index in [9.17, 15) is 0 Å². The summed E-state index contributed by atoms with van der Waals surface area (Å²) in [6.45, 7) is 2.13. The van der Waals surface area contributed by atoms with Gasteiger partial charge in [0, 0.05) is 19.0 Å². The second-order valence-electron chi connectivity index (χ2n) is 7.32. The van der Waals surface area contributed by atoms with E-state index in [-0.39, 0.29) is 0 Å². The van der Waals surface area contributed by atoms with E-state index in [4.69, 9.17) is 5.10 Å². The predicted octanol–water partition coefficient (Wildman–Crippen LogP) is 3.78. The SMILES string of the molecule is c1ccc(C2CCCN(c3ccc4nnc(C5CC5)n4n3)CC2)cc1. The molecule has 128 valence electrons. The highest BCUT2D eigenvalue weighted by atomic mass is 15.4. The van der Waals surface area contributed by atoms with E-state index in [2.05, 4.69) is 57.6 Å². The van der Waals surface area contributed by atoms with Crippen molar-refractivity contribution in [3.05, 3.63) is 53.9 Å². The number of benzene rings is 1. The molecule has 5 nitrogen and oxygen atoms in total. The molecule has 2 fully saturated rings. The molecule has 1 saturated carbocycles. The molecule has 0 N–H and O–H groups in total. The molecule has 1 aliphatic carbocycles. The smallest absolute Gasteiger partial charge is 0.178 e. The topological polar surface area (TPSA) is 46.3 Å². The second-order valence-corrected chi connectivity index (χ2v) is 7.32. The van der Waals surface area contributed by atoms with Crippen LogP contribution in [0.1, 0.15) is 55.3 Å². The van der Waals surface area contributed by atoms with Crippen molar-refractivity contribution in [3.8, 4) is 0 Å². The molecule has 1 aliphatic heterocycles. The first-order valence-electron chi connectivity index (χ1n) is 9.41. The van der Waals surface area contributed by atoms with Crippen molar-refractivity contribution in [2.75, 3.05) is 18.0 Å². The van der Waals surface area contributed by atoms with Crippen LogP contribution in [-0.4, -0.2) is 32.9 Å². The van der Waals surface area contributed by atoms with E-state index in [1.807, 2.05) is 4.52 Å². The Balaban J connectivity index is 1.38. The van der Waals surface area contributed by atoms with Gasteiger partial charge in [-0.3, -0.25) is 0 Å². The molecule has 3 aromatic rings. The average molecular weight is 333 g/mol. The maximum Gasteiger partial charge on any atom is 0.178 e. The van der Waals surface area contributed by atoms with Gasteiger partial charge in [-0.2, -0.15) is 4.52 Å². The van der Waals surface area contributed by atoms with Crippen LogP contribution >= 0.6 is 0 Å². The van der Waals surface area contributed by atoms with E-state index < -0.39 is 0 Å². The van der Waals surface area contributed by atoms with Crippen LogP contribution in [0.2, 0.25) is 0 Å². The summed E-state index contributed by atoms with van der Waals surface area (Å²) in [6.07, 6.45) is 6.07. The van der Waals surface area contributed by atoms with Crippen LogP contribution in [0.4, 0.5) is 5.82 Å². The van der Waals surface area contributed by atoms with E-state index >= 15 is 0 Å². The van der Waals surface area contributed by atoms with Crippen molar-refractivity contribution in [2.45, 2.75) is 43.9 Å². The Labute approximate surface area is 147 Å². The lowest BCUT2D eigenvalue weighted by atomic mass is 9.92. The average Bonchev–Trinajstić information content (AvgIpc) is 3.46. The van der Waals surface area contributed by atoms with Gasteiger partial charge in [-0.1, -0.05) is 30.3 Å². The summed E-state index contributed by atoms with van der Waals surface area (Å²) in [5.41, 5.74) is 2.34. The van der Waals surface area contributed by atoms with Gasteiger partial charge in [-0.25, -0.2) is 0 Å². The number of fused-ring (bicyclic) bond motifs is 1. The van der Waals surface area contributed by atoms with Crippen molar-refractivity contribution in [1.82, 2.24) is 19.8 Å². The molecule has 2 aliphatic rings. The quantitative estimate of drug-likeness (QED) is 0.732. The zero-order valence-corrected chi connectivity index (χ0v) is 14.4. The van der Waals surface area contributed by atoms with Gasteiger partial charge in [-0.05, 0) is 55.7 Å². The molecule has 2 aromatic heterocycles. The molecule has 1 aromatic carbocycles. The first kappa shape index (κ1) is 14.9. The number of hydrogen-bond donors (Lipinski definition) is 0. The monoisotopic (exact) mass is 333 g/mol. The third-order valence-corrected chi connectivity index (χ3v) is 5.54. The number of nitrogens with zero attached hydrogens (tertiary/aromatic N) is 5. The molecule has 0 amide bonds. The van der Waals surface area contributed by atoms with E-state index in [1.165, 1.54) is 37.7 Å². The normalized spacial score (nSPS) is 21.4.